The van der Waals surface area contributed by atoms with Crippen LogP contribution in [-0.2, 0) is 38.5 Å². The molecule has 0 aliphatic heterocycles. The molecule has 7 aromatic carbocycles. The third-order valence-electron chi connectivity index (χ3n) is 12.6. The van der Waals surface area contributed by atoms with Crippen molar-refractivity contribution in [3.63, 3.8) is 0 Å². The highest BCUT2D eigenvalue weighted by Crippen LogP contribution is 2.27. The van der Waals surface area contributed by atoms with Crippen molar-refractivity contribution >= 4 is 0 Å². The smallest absolute Gasteiger partial charge is 0.0702 e. The van der Waals surface area contributed by atoms with Gasteiger partial charge in [-0.3, -0.25) is 15.0 Å². The monoisotopic (exact) mass is 849 g/mol. The van der Waals surface area contributed by atoms with Crippen LogP contribution in [0, 0.1) is 0 Å². The van der Waals surface area contributed by atoms with Crippen molar-refractivity contribution in [2.75, 3.05) is 0 Å². The Labute approximate surface area is 389 Å². The summed E-state index contributed by atoms with van der Waals surface area (Å²) in [4.78, 5) is 14.3. The van der Waals surface area contributed by atoms with Gasteiger partial charge >= 0.3 is 0 Å². The lowest BCUT2D eigenvalue weighted by Gasteiger charge is -2.12. The van der Waals surface area contributed by atoms with E-state index in [2.05, 4.69) is 200 Å². The van der Waals surface area contributed by atoms with E-state index in [0.29, 0.717) is 0 Å². The molecule has 0 saturated heterocycles. The highest BCUT2D eigenvalue weighted by atomic mass is 14.7. The highest BCUT2D eigenvalue weighted by molar-refractivity contribution is 5.69. The molecule has 10 rings (SSSR count). The quantitative estimate of drug-likeness (QED) is 0.103. The third-order valence-corrected chi connectivity index (χ3v) is 12.6. The van der Waals surface area contributed by atoms with E-state index in [0.717, 1.165) is 89.0 Å². The van der Waals surface area contributed by atoms with E-state index in [1.165, 1.54) is 50.1 Å². The molecule has 3 heterocycles. The molecular formula is C63H51N3. The summed E-state index contributed by atoms with van der Waals surface area (Å²) >= 11 is 0. The van der Waals surface area contributed by atoms with Gasteiger partial charge in [0.25, 0.3) is 0 Å². The molecule has 0 saturated carbocycles. The molecule has 0 bridgehead atoms. The van der Waals surface area contributed by atoms with Gasteiger partial charge in [-0.2, -0.15) is 0 Å². The maximum absolute atomic E-state index is 4.76. The Hall–Kier alpha value is -8.01. The van der Waals surface area contributed by atoms with Gasteiger partial charge in [-0.15, -0.1) is 0 Å². The van der Waals surface area contributed by atoms with E-state index in [9.17, 15) is 0 Å². The molecule has 3 aromatic heterocycles. The molecule has 318 valence electrons. The molecule has 10 aromatic rings. The Balaban J connectivity index is 0.815. The summed E-state index contributed by atoms with van der Waals surface area (Å²) in [5, 5.41) is 0. The maximum atomic E-state index is 4.76. The van der Waals surface area contributed by atoms with Gasteiger partial charge in [-0.25, -0.2) is 0 Å². The van der Waals surface area contributed by atoms with Gasteiger partial charge in [0.15, 0.2) is 0 Å². The van der Waals surface area contributed by atoms with Crippen molar-refractivity contribution in [3.8, 4) is 67.2 Å². The van der Waals surface area contributed by atoms with Crippen LogP contribution in [-0.4, -0.2) is 15.0 Å². The van der Waals surface area contributed by atoms with Gasteiger partial charge in [0.05, 0.1) is 17.1 Å². The van der Waals surface area contributed by atoms with Crippen LogP contribution < -0.4 is 0 Å². The standard InChI is InChI=1S/C63H51N3/c1-4-10-55(11-5-1)61-37-34-58(43-64-61)52-28-22-46(23-29-52)16-19-49-40-50(20-17-47-24-30-53(31-25-47)59-35-38-62(65-44-59)56-12-6-2-7-13-56)42-51(41-49)21-18-48-26-32-54(33-27-48)60-36-39-63(66-45-60)57-14-8-3-9-15-57/h1-15,22-45H,16-21H2. The number of aryl methyl sites for hydroxylation is 6. The molecular weight excluding hydrogens is 799 g/mol. The lowest BCUT2D eigenvalue weighted by Crippen LogP contribution is -2.00. The van der Waals surface area contributed by atoms with E-state index in [1.807, 2.05) is 36.8 Å². The molecule has 3 heteroatoms. The number of rotatable bonds is 15. The lowest BCUT2D eigenvalue weighted by atomic mass is 9.93. The first-order valence-corrected chi connectivity index (χ1v) is 23.1. The molecule has 0 N–H and O–H groups in total. The Morgan fingerprint density at radius 1 is 0.197 bits per heavy atom. The van der Waals surface area contributed by atoms with E-state index < -0.39 is 0 Å². The number of aromatic nitrogens is 3. The molecule has 0 atom stereocenters. The molecule has 66 heavy (non-hydrogen) atoms. The zero-order valence-corrected chi connectivity index (χ0v) is 37.1. The minimum atomic E-state index is 0.986. The topological polar surface area (TPSA) is 38.7 Å². The van der Waals surface area contributed by atoms with E-state index in [4.69, 9.17) is 15.0 Å². The number of hydrogen-bond acceptors (Lipinski definition) is 3. The number of pyridine rings is 3. The summed E-state index contributed by atoms with van der Waals surface area (Å²) in [6.45, 7) is 0. The normalized spacial score (nSPS) is 11.1. The number of hydrogen-bond donors (Lipinski definition) is 0. The molecule has 0 radical (unpaired) electrons. The van der Waals surface area contributed by atoms with Crippen molar-refractivity contribution < 1.29 is 0 Å². The average molecular weight is 850 g/mol. The van der Waals surface area contributed by atoms with Crippen LogP contribution >= 0.6 is 0 Å². The molecule has 0 fully saturated rings. The van der Waals surface area contributed by atoms with Crippen LogP contribution in [0.2, 0.25) is 0 Å². The number of benzene rings is 7. The molecule has 3 nitrogen and oxygen atoms in total. The fourth-order valence-electron chi connectivity index (χ4n) is 8.76. The van der Waals surface area contributed by atoms with Crippen LogP contribution in [0.4, 0.5) is 0 Å². The maximum Gasteiger partial charge on any atom is 0.0702 e. The summed E-state index contributed by atoms with van der Waals surface area (Å²) in [6, 6.07) is 78.3. The van der Waals surface area contributed by atoms with Crippen LogP contribution in [0.5, 0.6) is 0 Å². The summed E-state index contributed by atoms with van der Waals surface area (Å²) in [6.07, 6.45) is 11.9. The van der Waals surface area contributed by atoms with Crippen molar-refractivity contribution in [3.05, 3.63) is 270 Å². The van der Waals surface area contributed by atoms with Gasteiger partial charge in [0.1, 0.15) is 0 Å². The highest BCUT2D eigenvalue weighted by Gasteiger charge is 2.09. The summed E-state index contributed by atoms with van der Waals surface area (Å²) < 4.78 is 0. The fraction of sp³-hybridized carbons (Fsp3) is 0.0952. The van der Waals surface area contributed by atoms with Crippen molar-refractivity contribution in [2.45, 2.75) is 38.5 Å². The fourth-order valence-corrected chi connectivity index (χ4v) is 8.76. The van der Waals surface area contributed by atoms with Crippen LogP contribution in [0.3, 0.4) is 0 Å². The predicted molar refractivity (Wildman–Crippen MR) is 274 cm³/mol. The first-order valence-electron chi connectivity index (χ1n) is 23.1. The minimum absolute atomic E-state index is 0.986. The zero-order valence-electron chi connectivity index (χ0n) is 37.1. The van der Waals surface area contributed by atoms with Crippen LogP contribution in [0.15, 0.2) is 237 Å². The van der Waals surface area contributed by atoms with Crippen molar-refractivity contribution in [1.29, 1.82) is 0 Å². The molecule has 0 amide bonds. The SMILES string of the molecule is c1ccc(-c2ccc(-c3ccc(CCc4cc(CCc5ccc(-c6ccc(-c7ccccc7)nc6)cc5)cc(CCc5ccc(-c6ccc(-c7ccccc7)nc6)cc5)c4)cc3)cn2)cc1. The van der Waals surface area contributed by atoms with E-state index in [1.54, 1.807) is 0 Å². The third kappa shape index (κ3) is 10.5. The van der Waals surface area contributed by atoms with Gasteiger partial charge in [0, 0.05) is 52.0 Å². The van der Waals surface area contributed by atoms with Gasteiger partial charge in [-0.05, 0) is 107 Å². The Kier molecular flexibility index (Phi) is 12.9. The Bertz CT molecular complexity index is 2740. The number of nitrogens with zero attached hydrogens (tertiary/aromatic N) is 3. The van der Waals surface area contributed by atoms with Crippen molar-refractivity contribution in [2.24, 2.45) is 0 Å². The van der Waals surface area contributed by atoms with Gasteiger partial charge in [-0.1, -0.05) is 200 Å². The molecule has 0 aliphatic carbocycles. The second-order valence-corrected chi connectivity index (χ2v) is 17.1. The molecule has 0 aliphatic rings. The first kappa shape index (κ1) is 42.0. The first-order chi connectivity index (χ1) is 32.6. The average Bonchev–Trinajstić information content (AvgIpc) is 3.40. The molecule has 0 unspecified atom stereocenters. The van der Waals surface area contributed by atoms with Crippen LogP contribution in [0.1, 0.15) is 33.4 Å². The van der Waals surface area contributed by atoms with Gasteiger partial charge in [0.2, 0.25) is 0 Å². The zero-order chi connectivity index (χ0) is 44.3. The Morgan fingerprint density at radius 3 is 0.682 bits per heavy atom. The predicted octanol–water partition coefficient (Wildman–Crippen LogP) is 15.2. The Morgan fingerprint density at radius 2 is 0.439 bits per heavy atom. The minimum Gasteiger partial charge on any atom is -0.256 e. The van der Waals surface area contributed by atoms with Crippen molar-refractivity contribution in [1.82, 2.24) is 15.0 Å². The second-order valence-electron chi connectivity index (χ2n) is 17.1. The van der Waals surface area contributed by atoms with Gasteiger partial charge < -0.3 is 0 Å². The lowest BCUT2D eigenvalue weighted by molar-refractivity contribution is 0.903. The van der Waals surface area contributed by atoms with Crippen LogP contribution in [0.25, 0.3) is 67.2 Å². The summed E-state index contributed by atoms with van der Waals surface area (Å²) in [5.74, 6) is 0. The summed E-state index contributed by atoms with van der Waals surface area (Å²) in [7, 11) is 0. The largest absolute Gasteiger partial charge is 0.256 e. The second kappa shape index (κ2) is 20.2. The molecule has 0 spiro atoms. The van der Waals surface area contributed by atoms with E-state index >= 15 is 0 Å². The summed E-state index contributed by atoms with van der Waals surface area (Å²) in [5.41, 5.74) is 21.6. The van der Waals surface area contributed by atoms with E-state index in [-0.39, 0.29) is 0 Å².